The molecular weight excluding hydrogens is 188 g/mol. The Kier molecular flexibility index (Phi) is 10.7. The molecule has 0 saturated carbocycles. The summed E-state index contributed by atoms with van der Waals surface area (Å²) in [6.45, 7) is 4.50. The van der Waals surface area contributed by atoms with Crippen LogP contribution < -0.4 is 0 Å². The summed E-state index contributed by atoms with van der Waals surface area (Å²) in [5.74, 6) is -0.219. The molecule has 0 amide bonds. The highest BCUT2D eigenvalue weighted by molar-refractivity contribution is 5.81. The molecule has 0 aliphatic rings. The minimum Gasteiger partial charge on any atom is -0.463 e. The van der Waals surface area contributed by atoms with Crippen LogP contribution in [0.4, 0.5) is 0 Å². The summed E-state index contributed by atoms with van der Waals surface area (Å²) in [6, 6.07) is 0. The first-order valence-electron chi connectivity index (χ1n) is 6.14. The van der Waals surface area contributed by atoms with Gasteiger partial charge in [0.05, 0.1) is 6.61 Å². The molecule has 0 aromatic heterocycles. The Morgan fingerprint density at radius 3 is 2.40 bits per heavy atom. The van der Waals surface area contributed by atoms with E-state index in [1.165, 1.54) is 44.6 Å². The number of allylic oxidation sites excluding steroid dienone is 1. The second-order valence-corrected chi connectivity index (χ2v) is 3.71. The van der Waals surface area contributed by atoms with Crippen molar-refractivity contribution < 1.29 is 9.53 Å². The van der Waals surface area contributed by atoms with Crippen LogP contribution in [-0.4, -0.2) is 12.6 Å². The Hall–Kier alpha value is -0.790. The molecule has 0 rings (SSSR count). The van der Waals surface area contributed by atoms with E-state index in [2.05, 4.69) is 6.92 Å². The van der Waals surface area contributed by atoms with Crippen LogP contribution in [0.5, 0.6) is 0 Å². The van der Waals surface area contributed by atoms with Crippen molar-refractivity contribution in [1.82, 2.24) is 0 Å². The van der Waals surface area contributed by atoms with Gasteiger partial charge in [0.25, 0.3) is 0 Å². The minimum absolute atomic E-state index is 0.219. The molecule has 0 unspecified atom stereocenters. The monoisotopic (exact) mass is 212 g/mol. The van der Waals surface area contributed by atoms with Gasteiger partial charge in [-0.05, 0) is 19.8 Å². The van der Waals surface area contributed by atoms with E-state index in [1.807, 2.05) is 13.0 Å². The third-order valence-electron chi connectivity index (χ3n) is 2.26. The minimum atomic E-state index is -0.219. The van der Waals surface area contributed by atoms with E-state index in [4.69, 9.17) is 4.74 Å². The fraction of sp³-hybridized carbons (Fsp3) is 0.769. The van der Waals surface area contributed by atoms with Crippen LogP contribution in [0.3, 0.4) is 0 Å². The van der Waals surface area contributed by atoms with E-state index in [9.17, 15) is 4.79 Å². The molecule has 88 valence electrons. The van der Waals surface area contributed by atoms with Crippen LogP contribution >= 0.6 is 0 Å². The maximum Gasteiger partial charge on any atom is 0.330 e. The predicted molar refractivity (Wildman–Crippen MR) is 63.8 cm³/mol. The van der Waals surface area contributed by atoms with E-state index in [1.54, 1.807) is 0 Å². The second kappa shape index (κ2) is 11.3. The number of unbranched alkanes of at least 4 members (excludes halogenated alkanes) is 6. The average Bonchev–Trinajstić information content (AvgIpc) is 2.22. The van der Waals surface area contributed by atoms with Crippen molar-refractivity contribution in [3.8, 4) is 0 Å². The molecule has 0 aliphatic heterocycles. The molecule has 0 aromatic carbocycles. The number of hydrogen-bond acceptors (Lipinski definition) is 2. The summed E-state index contributed by atoms with van der Waals surface area (Å²) in [5.41, 5.74) is 0. The van der Waals surface area contributed by atoms with Crippen molar-refractivity contribution in [2.75, 3.05) is 6.61 Å². The Balaban J connectivity index is 3.19. The summed E-state index contributed by atoms with van der Waals surface area (Å²) >= 11 is 0. The van der Waals surface area contributed by atoms with Crippen molar-refractivity contribution in [3.63, 3.8) is 0 Å². The first kappa shape index (κ1) is 14.2. The smallest absolute Gasteiger partial charge is 0.330 e. The average molecular weight is 212 g/mol. The van der Waals surface area contributed by atoms with E-state index in [-0.39, 0.29) is 5.97 Å². The molecule has 15 heavy (non-hydrogen) atoms. The molecule has 0 atom stereocenters. The standard InChI is InChI=1S/C13H24O2/c1-3-5-6-7-8-9-10-11-12-13(14)15-4-2/h11-12H,3-10H2,1-2H3. The van der Waals surface area contributed by atoms with Crippen LogP contribution in [0.15, 0.2) is 12.2 Å². The lowest BCUT2D eigenvalue weighted by Gasteiger charge is -1.97. The maximum absolute atomic E-state index is 10.9. The van der Waals surface area contributed by atoms with Crippen LogP contribution in [0.1, 0.15) is 58.8 Å². The van der Waals surface area contributed by atoms with Gasteiger partial charge in [-0.1, -0.05) is 45.1 Å². The molecule has 2 heteroatoms. The van der Waals surface area contributed by atoms with Crippen LogP contribution in [0.2, 0.25) is 0 Å². The number of hydrogen-bond donors (Lipinski definition) is 0. The van der Waals surface area contributed by atoms with Crippen LogP contribution in [0, 0.1) is 0 Å². The fourth-order valence-electron chi connectivity index (χ4n) is 1.41. The summed E-state index contributed by atoms with van der Waals surface area (Å²) in [6.07, 6.45) is 12.2. The first-order chi connectivity index (χ1) is 7.31. The van der Waals surface area contributed by atoms with Gasteiger partial charge >= 0.3 is 5.97 Å². The Bertz CT molecular complexity index is 173. The summed E-state index contributed by atoms with van der Waals surface area (Å²) < 4.78 is 4.78. The Labute approximate surface area is 93.7 Å². The van der Waals surface area contributed by atoms with Gasteiger partial charge in [-0.15, -0.1) is 0 Å². The van der Waals surface area contributed by atoms with Gasteiger partial charge in [-0.25, -0.2) is 4.79 Å². The topological polar surface area (TPSA) is 26.3 Å². The largest absolute Gasteiger partial charge is 0.463 e. The molecule has 0 N–H and O–H groups in total. The SMILES string of the molecule is CCCCCCCCC=CC(=O)OCC. The molecule has 0 spiro atoms. The highest BCUT2D eigenvalue weighted by Crippen LogP contribution is 2.07. The molecule has 0 fully saturated rings. The van der Waals surface area contributed by atoms with Gasteiger partial charge in [0.2, 0.25) is 0 Å². The lowest BCUT2D eigenvalue weighted by atomic mass is 10.1. The van der Waals surface area contributed by atoms with E-state index >= 15 is 0 Å². The molecule has 0 aromatic rings. The molecular formula is C13H24O2. The lowest BCUT2D eigenvalue weighted by molar-refractivity contribution is -0.137. The van der Waals surface area contributed by atoms with Crippen molar-refractivity contribution >= 4 is 5.97 Å². The molecule has 0 radical (unpaired) electrons. The highest BCUT2D eigenvalue weighted by Gasteiger charge is 1.92. The highest BCUT2D eigenvalue weighted by atomic mass is 16.5. The van der Waals surface area contributed by atoms with Crippen molar-refractivity contribution in [3.05, 3.63) is 12.2 Å². The fourth-order valence-corrected chi connectivity index (χ4v) is 1.41. The molecule has 0 saturated heterocycles. The number of esters is 1. The zero-order valence-electron chi connectivity index (χ0n) is 10.1. The van der Waals surface area contributed by atoms with Crippen molar-refractivity contribution in [1.29, 1.82) is 0 Å². The third kappa shape index (κ3) is 11.1. The van der Waals surface area contributed by atoms with E-state index < -0.39 is 0 Å². The summed E-state index contributed by atoms with van der Waals surface area (Å²) in [5, 5.41) is 0. The zero-order valence-corrected chi connectivity index (χ0v) is 10.1. The van der Waals surface area contributed by atoms with Crippen LogP contribution in [-0.2, 0) is 9.53 Å². The zero-order chi connectivity index (χ0) is 11.4. The van der Waals surface area contributed by atoms with Gasteiger partial charge in [-0.3, -0.25) is 0 Å². The third-order valence-corrected chi connectivity index (χ3v) is 2.26. The van der Waals surface area contributed by atoms with Gasteiger partial charge in [0, 0.05) is 6.08 Å². The first-order valence-corrected chi connectivity index (χ1v) is 6.14. The van der Waals surface area contributed by atoms with Gasteiger partial charge in [-0.2, -0.15) is 0 Å². The summed E-state index contributed by atoms with van der Waals surface area (Å²) in [7, 11) is 0. The van der Waals surface area contributed by atoms with Gasteiger partial charge in [0.15, 0.2) is 0 Å². The van der Waals surface area contributed by atoms with Crippen molar-refractivity contribution in [2.45, 2.75) is 58.8 Å². The number of rotatable bonds is 9. The van der Waals surface area contributed by atoms with Gasteiger partial charge < -0.3 is 4.74 Å². The predicted octanol–water partition coefficient (Wildman–Crippen LogP) is 3.86. The number of carbonyl (C=O) groups excluding carboxylic acids is 1. The normalized spacial score (nSPS) is 10.8. The van der Waals surface area contributed by atoms with E-state index in [0.29, 0.717) is 6.61 Å². The lowest BCUT2D eigenvalue weighted by Crippen LogP contribution is -1.98. The van der Waals surface area contributed by atoms with E-state index in [0.717, 1.165) is 6.42 Å². The van der Waals surface area contributed by atoms with Crippen molar-refractivity contribution in [2.24, 2.45) is 0 Å². The van der Waals surface area contributed by atoms with Crippen LogP contribution in [0.25, 0.3) is 0 Å². The molecule has 0 bridgehead atoms. The Morgan fingerprint density at radius 1 is 1.07 bits per heavy atom. The van der Waals surface area contributed by atoms with Gasteiger partial charge in [0.1, 0.15) is 0 Å². The quantitative estimate of drug-likeness (QED) is 0.329. The second-order valence-electron chi connectivity index (χ2n) is 3.71. The molecule has 0 aliphatic carbocycles. The maximum atomic E-state index is 10.9. The molecule has 2 nitrogen and oxygen atoms in total. The summed E-state index contributed by atoms with van der Waals surface area (Å²) in [4.78, 5) is 10.9. The number of ether oxygens (including phenoxy) is 1. The Morgan fingerprint density at radius 2 is 1.73 bits per heavy atom. The molecule has 0 heterocycles. The number of carbonyl (C=O) groups is 1.